The summed E-state index contributed by atoms with van der Waals surface area (Å²) < 4.78 is 69.9. The number of benzene rings is 4. The maximum Gasteiger partial charge on any atom is 0.264 e. The number of aryl methyl sites for hydroxylation is 2. The number of hydrogen-bond acceptors (Lipinski definition) is 12. The monoisotopic (exact) mass is 1200 g/mol. The minimum Gasteiger partial charge on any atom is -0.490 e. The van der Waals surface area contributed by atoms with Gasteiger partial charge in [0.05, 0.1) is 47.3 Å². The van der Waals surface area contributed by atoms with Crippen molar-refractivity contribution in [3.05, 3.63) is 141 Å². The minimum absolute atomic E-state index is 0.0638. The van der Waals surface area contributed by atoms with Gasteiger partial charge in [-0.05, 0) is 209 Å². The number of halogens is 2. The maximum atomic E-state index is 13.3. The predicted octanol–water partition coefficient (Wildman–Crippen LogP) is 10.5. The normalized spacial score (nSPS) is 33.8. The highest BCUT2D eigenvalue weighted by molar-refractivity contribution is 7.91. The van der Waals surface area contributed by atoms with Gasteiger partial charge in [-0.3, -0.25) is 9.59 Å². The third-order valence-electron chi connectivity index (χ3n) is 19.5. The van der Waals surface area contributed by atoms with Crippen molar-refractivity contribution in [2.75, 3.05) is 49.2 Å². The van der Waals surface area contributed by atoms with E-state index in [9.17, 15) is 36.6 Å². The summed E-state index contributed by atoms with van der Waals surface area (Å²) in [6, 6.07) is 22.7. The van der Waals surface area contributed by atoms with Crippen LogP contribution in [0.3, 0.4) is 0 Å². The van der Waals surface area contributed by atoms with Crippen LogP contribution >= 0.6 is 23.2 Å². The van der Waals surface area contributed by atoms with Gasteiger partial charge in [0.15, 0.2) is 0 Å². The second-order valence-corrected chi connectivity index (χ2v) is 30.4. The number of rotatable bonds is 0. The van der Waals surface area contributed by atoms with E-state index < -0.39 is 54.6 Å². The molecule has 2 saturated carbocycles. The lowest BCUT2D eigenvalue weighted by Crippen LogP contribution is -2.49. The molecule has 12 rings (SSSR count). The molecule has 18 heteroatoms. The zero-order chi connectivity index (χ0) is 57.9. The molecule has 0 saturated heterocycles. The Labute approximate surface area is 494 Å². The van der Waals surface area contributed by atoms with Crippen molar-refractivity contribution in [1.82, 2.24) is 9.44 Å². The molecule has 12 atom stereocenters. The van der Waals surface area contributed by atoms with E-state index >= 15 is 0 Å². The number of allylic oxidation sites excluding steroid dienone is 2. The van der Waals surface area contributed by atoms with Crippen molar-refractivity contribution in [3.8, 4) is 11.5 Å². The highest BCUT2D eigenvalue weighted by Crippen LogP contribution is 2.49. The summed E-state index contributed by atoms with van der Waals surface area (Å²) in [6.07, 6.45) is 16.9. The smallest absolute Gasteiger partial charge is 0.264 e. The number of ether oxygens (including phenoxy) is 2. The fourth-order valence-electron chi connectivity index (χ4n) is 14.5. The van der Waals surface area contributed by atoms with E-state index in [4.69, 9.17) is 32.7 Å². The number of aliphatic hydroxyl groups excluding tert-OH is 2. The van der Waals surface area contributed by atoms with Crippen LogP contribution in [0.2, 0.25) is 10.0 Å². The van der Waals surface area contributed by atoms with Crippen LogP contribution in [0.25, 0.3) is 0 Å². The first kappa shape index (κ1) is 58.7. The van der Waals surface area contributed by atoms with E-state index in [-0.39, 0.29) is 57.5 Å². The molecule has 4 aliphatic carbocycles. The Bertz CT molecular complexity index is 3170. The highest BCUT2D eigenvalue weighted by Gasteiger charge is 2.47. The summed E-state index contributed by atoms with van der Waals surface area (Å²) in [6.45, 7) is 10.9. The first-order valence-corrected chi connectivity index (χ1v) is 33.4. The Balaban J connectivity index is 0.000000172. The first-order valence-electron chi connectivity index (χ1n) is 29.6. The Hall–Kier alpha value is -5.10. The van der Waals surface area contributed by atoms with Crippen LogP contribution < -0.4 is 28.7 Å². The molecule has 4 aliphatic heterocycles. The fourth-order valence-corrected chi connectivity index (χ4v) is 17.2. The topological polar surface area (TPSA) is 192 Å². The molecule has 82 heavy (non-hydrogen) atoms. The van der Waals surface area contributed by atoms with Crippen molar-refractivity contribution in [3.63, 3.8) is 0 Å². The molecular weight excluding hydrogens is 1120 g/mol. The number of amides is 2. The standard InChI is InChI=1S/2C32H39ClN2O5S/c2*1-20-5-11-29(36)26-9-6-24(26)17-35-18-32(13-3-4-22-15-25(33)8-10-27(22)32)19-40-30-12-7-23(16-28(30)35)31(37)34-41(38,39)21(2)14-20/h2*5,7-8,10-12,15-16,20-21,24,26,29,36H,3-4,6,9,13-14,17-19H2,1-2H3,(H,34,37)/b2*11-5+/t20-,21+,24+,26-,29+,32+;20-,21-,24-,26+,29-,32-/m10/s1. The summed E-state index contributed by atoms with van der Waals surface area (Å²) in [5.74, 6) is 0.782. The molecule has 4 N–H and O–H groups in total. The first-order chi connectivity index (χ1) is 39.1. The van der Waals surface area contributed by atoms with Gasteiger partial charge in [0.25, 0.3) is 11.8 Å². The maximum absolute atomic E-state index is 13.3. The number of nitrogens with one attached hydrogen (secondary N) is 2. The lowest BCUT2D eigenvalue weighted by molar-refractivity contribution is 0.0453. The second kappa shape index (κ2) is 23.4. The van der Waals surface area contributed by atoms with Crippen molar-refractivity contribution >= 4 is 66.4 Å². The van der Waals surface area contributed by atoms with E-state index in [1.807, 2.05) is 50.3 Å². The zero-order valence-corrected chi connectivity index (χ0v) is 50.5. The average Bonchev–Trinajstić information content (AvgIpc) is 3.78. The van der Waals surface area contributed by atoms with Gasteiger partial charge in [-0.1, -0.05) is 73.5 Å². The van der Waals surface area contributed by atoms with E-state index in [0.29, 0.717) is 63.7 Å². The molecule has 0 unspecified atom stereocenters. The van der Waals surface area contributed by atoms with Gasteiger partial charge in [-0.15, -0.1) is 0 Å². The SMILES string of the molecule is C[C@@H]1/C=C/[C@H](O)[C@@H]2CC[C@H]2CN2C[C@@]3(CCCc4cc(Cl)ccc43)COc3ccc(cc32)C(=O)NS(=O)(=O)[C@@H](C)C1.C[C@H]1/C=C/[C@H](O)[C@@H]2CC[C@H]2CN2C[C@@]3(CCCc4cc(Cl)ccc43)COc3ccc(cc32)C(=O)NS(=O)(=O)[C@@H](C)C1. The van der Waals surface area contributed by atoms with Crippen LogP contribution in [0.5, 0.6) is 11.5 Å². The van der Waals surface area contributed by atoms with Gasteiger partial charge in [-0.2, -0.15) is 0 Å². The van der Waals surface area contributed by atoms with Crippen molar-refractivity contribution in [2.45, 2.75) is 138 Å². The molecule has 4 aromatic rings. The highest BCUT2D eigenvalue weighted by atomic mass is 35.5. The van der Waals surface area contributed by atoms with E-state index in [1.165, 1.54) is 22.3 Å². The Morgan fingerprint density at radius 2 is 0.976 bits per heavy atom. The lowest BCUT2D eigenvalue weighted by atomic mass is 9.68. The molecule has 14 nitrogen and oxygen atoms in total. The van der Waals surface area contributed by atoms with Crippen LogP contribution in [-0.4, -0.2) is 101 Å². The van der Waals surface area contributed by atoms with Gasteiger partial charge in [0.2, 0.25) is 20.0 Å². The minimum atomic E-state index is -3.89. The summed E-state index contributed by atoms with van der Waals surface area (Å²) in [7, 11) is -7.79. The fraction of sp³-hybridized carbons (Fsp3) is 0.531. The Morgan fingerprint density at radius 1 is 0.561 bits per heavy atom. The molecule has 0 aromatic heterocycles. The molecule has 0 radical (unpaired) electrons. The number of carbonyl (C=O) groups is 2. The van der Waals surface area contributed by atoms with E-state index in [0.717, 1.165) is 85.6 Å². The predicted molar refractivity (Wildman–Crippen MR) is 322 cm³/mol. The van der Waals surface area contributed by atoms with Crippen LogP contribution in [0, 0.1) is 35.5 Å². The van der Waals surface area contributed by atoms with Crippen molar-refractivity contribution in [1.29, 1.82) is 0 Å². The van der Waals surface area contributed by atoms with Gasteiger partial charge in [-0.25, -0.2) is 26.3 Å². The summed E-state index contributed by atoms with van der Waals surface area (Å²) in [5, 5.41) is 22.2. The van der Waals surface area contributed by atoms with E-state index in [1.54, 1.807) is 50.2 Å². The largest absolute Gasteiger partial charge is 0.490 e. The van der Waals surface area contributed by atoms with Crippen molar-refractivity contribution < 1.29 is 46.1 Å². The second-order valence-electron chi connectivity index (χ2n) is 25.3. The molecule has 4 heterocycles. The molecule has 8 aliphatic rings. The number of anilines is 2. The molecule has 440 valence electrons. The molecular formula is C64H78Cl2N4O10S2. The van der Waals surface area contributed by atoms with Crippen LogP contribution in [0.15, 0.2) is 97.1 Å². The average molecular weight is 1200 g/mol. The number of hydrogen-bond donors (Lipinski definition) is 4. The molecule has 2 amide bonds. The lowest BCUT2D eigenvalue weighted by Gasteiger charge is -2.45. The number of nitrogens with zero attached hydrogens (tertiary/aromatic N) is 2. The molecule has 2 spiro atoms. The van der Waals surface area contributed by atoms with Crippen molar-refractivity contribution in [2.24, 2.45) is 35.5 Å². The van der Waals surface area contributed by atoms with Crippen LogP contribution in [-0.2, 0) is 43.7 Å². The number of aliphatic hydroxyl groups is 2. The Morgan fingerprint density at radius 3 is 1.37 bits per heavy atom. The number of sulfonamides is 2. The summed E-state index contributed by atoms with van der Waals surface area (Å²) in [5.41, 5.74) is 6.65. The number of fused-ring (bicyclic) bond motifs is 8. The van der Waals surface area contributed by atoms with Gasteiger partial charge in [0.1, 0.15) is 11.5 Å². The van der Waals surface area contributed by atoms with Gasteiger partial charge < -0.3 is 29.5 Å². The molecule has 4 bridgehead atoms. The Kier molecular flexibility index (Phi) is 16.7. The molecule has 4 aromatic carbocycles. The van der Waals surface area contributed by atoms with E-state index in [2.05, 4.69) is 43.5 Å². The van der Waals surface area contributed by atoms with Crippen LogP contribution in [0.1, 0.15) is 135 Å². The summed E-state index contributed by atoms with van der Waals surface area (Å²) >= 11 is 12.8. The van der Waals surface area contributed by atoms with Gasteiger partial charge in [0, 0.05) is 58.2 Å². The quantitative estimate of drug-likeness (QED) is 0.122. The van der Waals surface area contributed by atoms with Gasteiger partial charge >= 0.3 is 0 Å². The summed E-state index contributed by atoms with van der Waals surface area (Å²) in [4.78, 5) is 31.2. The van der Waals surface area contributed by atoms with Crippen LogP contribution in [0.4, 0.5) is 11.4 Å². The molecule has 2 fully saturated rings. The third-order valence-corrected chi connectivity index (χ3v) is 23.5. The number of carbonyl (C=O) groups excluding carboxylic acids is 2. The zero-order valence-electron chi connectivity index (χ0n) is 47.4. The third kappa shape index (κ3) is 12.0.